The fourth-order valence-corrected chi connectivity index (χ4v) is 3.40. The smallest absolute Gasteiger partial charge is 0.420 e. The van der Waals surface area contributed by atoms with Gasteiger partial charge in [0.15, 0.2) is 5.65 Å². The number of hydrogen-bond donors (Lipinski definition) is 1. The van der Waals surface area contributed by atoms with E-state index < -0.39 is 6.09 Å². The molecule has 0 saturated carbocycles. The van der Waals surface area contributed by atoms with E-state index in [9.17, 15) is 4.79 Å². The Morgan fingerprint density at radius 1 is 1.30 bits per heavy atom. The highest BCUT2D eigenvalue weighted by Crippen LogP contribution is 2.29. The second kappa shape index (κ2) is 9.45. The number of nitrogens with one attached hydrogen (secondary N) is 1. The van der Waals surface area contributed by atoms with Crippen LogP contribution in [0.15, 0.2) is 30.5 Å². The topological polar surface area (TPSA) is 78.3 Å². The van der Waals surface area contributed by atoms with E-state index in [0.717, 1.165) is 35.5 Å². The first-order chi connectivity index (χ1) is 14.1. The summed E-state index contributed by atoms with van der Waals surface area (Å²) in [5, 5.41) is 3.35. The van der Waals surface area contributed by atoms with Gasteiger partial charge in [-0.3, -0.25) is 0 Å². The molecule has 1 N–H and O–H groups in total. The molecule has 0 unspecified atom stereocenters. The Kier molecular flexibility index (Phi) is 6.95. The summed E-state index contributed by atoms with van der Waals surface area (Å²) in [6, 6.07) is 8.08. The highest BCUT2D eigenvalue weighted by atomic mass is 35.5. The molecular weight excluding hydrogens is 404 g/mol. The number of benzene rings is 1. The van der Waals surface area contributed by atoms with Crippen molar-refractivity contribution in [2.45, 2.75) is 33.7 Å². The minimum Gasteiger partial charge on any atom is -0.492 e. The lowest BCUT2D eigenvalue weighted by Gasteiger charge is -2.11. The van der Waals surface area contributed by atoms with Gasteiger partial charge in [0.2, 0.25) is 0 Å². The molecule has 2 aromatic heterocycles. The normalized spacial score (nSPS) is 13.3. The summed E-state index contributed by atoms with van der Waals surface area (Å²) in [6.07, 6.45) is 2.01. The van der Waals surface area contributed by atoms with Gasteiger partial charge in [0.25, 0.3) is 0 Å². The number of hydrogen-bond acceptors (Lipinski definition) is 6. The van der Waals surface area contributed by atoms with Gasteiger partial charge in [-0.1, -0.05) is 26.8 Å². The Morgan fingerprint density at radius 2 is 2.13 bits per heavy atom. The lowest BCUT2D eigenvalue weighted by Crippen LogP contribution is -2.18. The Bertz CT molecular complexity index is 1050. The second-order valence-electron chi connectivity index (χ2n) is 7.60. The Balaban J connectivity index is 0.00000256. The molecule has 160 valence electrons. The van der Waals surface area contributed by atoms with Crippen LogP contribution in [0.2, 0.25) is 0 Å². The number of pyridine rings is 1. The second-order valence-corrected chi connectivity index (χ2v) is 7.60. The molecular formula is C22H27ClN4O3. The number of rotatable bonds is 4. The SMILES string of the molecule is CCc1nc2ncc(-c3ccc4c(c3)CNCCO4)cc2n1C(=O)OCC(C)C.Cl. The zero-order chi connectivity index (χ0) is 20.4. The Morgan fingerprint density at radius 3 is 2.90 bits per heavy atom. The predicted molar refractivity (Wildman–Crippen MR) is 118 cm³/mol. The van der Waals surface area contributed by atoms with Crippen LogP contribution in [-0.4, -0.2) is 40.4 Å². The van der Waals surface area contributed by atoms with Gasteiger partial charge >= 0.3 is 6.09 Å². The molecule has 0 spiro atoms. The van der Waals surface area contributed by atoms with Crippen molar-refractivity contribution in [2.75, 3.05) is 19.8 Å². The monoisotopic (exact) mass is 430 g/mol. The number of fused-ring (bicyclic) bond motifs is 2. The summed E-state index contributed by atoms with van der Waals surface area (Å²) in [4.78, 5) is 21.8. The van der Waals surface area contributed by atoms with Crippen molar-refractivity contribution in [3.05, 3.63) is 41.9 Å². The largest absolute Gasteiger partial charge is 0.492 e. The third kappa shape index (κ3) is 4.42. The maximum atomic E-state index is 12.7. The van der Waals surface area contributed by atoms with Crippen molar-refractivity contribution in [1.82, 2.24) is 19.9 Å². The van der Waals surface area contributed by atoms with Gasteiger partial charge in [-0.2, -0.15) is 0 Å². The quantitative estimate of drug-likeness (QED) is 0.668. The fourth-order valence-electron chi connectivity index (χ4n) is 3.40. The third-order valence-corrected chi connectivity index (χ3v) is 4.87. The highest BCUT2D eigenvalue weighted by Gasteiger charge is 2.19. The summed E-state index contributed by atoms with van der Waals surface area (Å²) in [5.74, 6) is 1.82. The van der Waals surface area contributed by atoms with Crippen LogP contribution in [0.5, 0.6) is 5.75 Å². The van der Waals surface area contributed by atoms with Crippen LogP contribution in [0, 0.1) is 5.92 Å². The van der Waals surface area contributed by atoms with Crippen molar-refractivity contribution >= 4 is 29.7 Å². The molecule has 8 heteroatoms. The summed E-state index contributed by atoms with van der Waals surface area (Å²) < 4.78 is 12.8. The standard InChI is InChI=1S/C22H26N4O3.ClH/c1-4-20-25-21-18(26(20)22(27)29-13-14(2)3)10-16(12-24-21)15-5-6-19-17(9-15)11-23-7-8-28-19;/h5-6,9-10,12,14,23H,4,7-8,11,13H2,1-3H3;1H. The summed E-state index contributed by atoms with van der Waals surface area (Å²) >= 11 is 0. The molecule has 1 aliphatic rings. The van der Waals surface area contributed by atoms with Crippen molar-refractivity contribution in [3.63, 3.8) is 0 Å². The molecule has 0 fully saturated rings. The molecule has 7 nitrogen and oxygen atoms in total. The summed E-state index contributed by atoms with van der Waals surface area (Å²) in [6.45, 7) is 8.61. The molecule has 1 aromatic carbocycles. The van der Waals surface area contributed by atoms with Crippen LogP contribution < -0.4 is 10.1 Å². The van der Waals surface area contributed by atoms with Crippen molar-refractivity contribution in [1.29, 1.82) is 0 Å². The fraction of sp³-hybridized carbons (Fsp3) is 0.409. The molecule has 1 aliphatic heterocycles. The van der Waals surface area contributed by atoms with E-state index in [1.54, 1.807) is 10.8 Å². The van der Waals surface area contributed by atoms with Gasteiger partial charge in [0.1, 0.15) is 18.2 Å². The average Bonchev–Trinajstić information content (AvgIpc) is 2.93. The number of carbonyl (C=O) groups excluding carboxylic acids is 1. The van der Waals surface area contributed by atoms with Gasteiger partial charge < -0.3 is 14.8 Å². The van der Waals surface area contributed by atoms with E-state index in [0.29, 0.717) is 36.6 Å². The van der Waals surface area contributed by atoms with E-state index in [4.69, 9.17) is 9.47 Å². The maximum absolute atomic E-state index is 12.7. The third-order valence-electron chi connectivity index (χ3n) is 4.87. The van der Waals surface area contributed by atoms with Crippen LogP contribution in [0.3, 0.4) is 0 Å². The first-order valence-corrected chi connectivity index (χ1v) is 10.1. The minimum atomic E-state index is -0.406. The van der Waals surface area contributed by atoms with Crippen LogP contribution in [-0.2, 0) is 17.7 Å². The number of aryl methyl sites for hydroxylation is 1. The molecule has 0 radical (unpaired) electrons. The summed E-state index contributed by atoms with van der Waals surface area (Å²) in [5.41, 5.74) is 4.26. The Hall–Kier alpha value is -2.64. The van der Waals surface area contributed by atoms with E-state index in [1.165, 1.54) is 0 Å². The van der Waals surface area contributed by atoms with Crippen LogP contribution in [0.4, 0.5) is 4.79 Å². The van der Waals surface area contributed by atoms with Gasteiger partial charge in [-0.25, -0.2) is 19.3 Å². The predicted octanol–water partition coefficient (Wildman–Crippen LogP) is 4.21. The first kappa shape index (κ1) is 22.1. The average molecular weight is 431 g/mol. The van der Waals surface area contributed by atoms with Gasteiger partial charge in [0.05, 0.1) is 12.1 Å². The maximum Gasteiger partial charge on any atom is 0.420 e. The van der Waals surface area contributed by atoms with Gasteiger partial charge in [-0.05, 0) is 29.7 Å². The molecule has 0 atom stereocenters. The molecule has 0 amide bonds. The minimum absolute atomic E-state index is 0. The lowest BCUT2D eigenvalue weighted by atomic mass is 10.0. The molecule has 0 bridgehead atoms. The molecule has 3 heterocycles. The first-order valence-electron chi connectivity index (χ1n) is 10.1. The zero-order valence-electron chi connectivity index (χ0n) is 17.5. The number of imidazole rings is 1. The van der Waals surface area contributed by atoms with E-state index >= 15 is 0 Å². The van der Waals surface area contributed by atoms with Gasteiger partial charge in [0, 0.05) is 36.8 Å². The zero-order valence-corrected chi connectivity index (χ0v) is 18.3. The van der Waals surface area contributed by atoms with Crippen molar-refractivity contribution < 1.29 is 14.3 Å². The van der Waals surface area contributed by atoms with Gasteiger partial charge in [-0.15, -0.1) is 12.4 Å². The number of ether oxygens (including phenoxy) is 2. The van der Waals surface area contributed by atoms with Crippen LogP contribution >= 0.6 is 12.4 Å². The molecule has 30 heavy (non-hydrogen) atoms. The number of carbonyl (C=O) groups is 1. The number of aromatic nitrogens is 3. The highest BCUT2D eigenvalue weighted by molar-refractivity contribution is 5.88. The molecule has 0 saturated heterocycles. The molecule has 0 aliphatic carbocycles. The number of nitrogens with zero attached hydrogens (tertiary/aromatic N) is 3. The van der Waals surface area contributed by atoms with Crippen LogP contribution in [0.25, 0.3) is 22.3 Å². The summed E-state index contributed by atoms with van der Waals surface area (Å²) in [7, 11) is 0. The molecule has 4 rings (SSSR count). The number of halogens is 1. The lowest BCUT2D eigenvalue weighted by molar-refractivity contribution is 0.135. The van der Waals surface area contributed by atoms with E-state index in [2.05, 4.69) is 21.4 Å². The molecule has 3 aromatic rings. The van der Waals surface area contributed by atoms with E-state index in [1.807, 2.05) is 39.0 Å². The van der Waals surface area contributed by atoms with E-state index in [-0.39, 0.29) is 18.3 Å². The van der Waals surface area contributed by atoms with Crippen molar-refractivity contribution in [2.24, 2.45) is 5.92 Å². The Labute approximate surface area is 182 Å². The van der Waals surface area contributed by atoms with Crippen molar-refractivity contribution in [3.8, 4) is 16.9 Å². The van der Waals surface area contributed by atoms with Crippen LogP contribution in [0.1, 0.15) is 32.2 Å².